The van der Waals surface area contributed by atoms with Gasteiger partial charge in [0.2, 0.25) is 0 Å². The van der Waals surface area contributed by atoms with Crippen molar-refractivity contribution in [2.24, 2.45) is 0 Å². The SMILES string of the molecule is CCn1cc(C2CCC(=O)CC2)cn1. The van der Waals surface area contributed by atoms with E-state index >= 15 is 0 Å². The van der Waals surface area contributed by atoms with Crippen molar-refractivity contribution in [1.82, 2.24) is 9.78 Å². The summed E-state index contributed by atoms with van der Waals surface area (Å²) in [6.07, 6.45) is 7.58. The molecule has 1 heterocycles. The predicted molar refractivity (Wildman–Crippen MR) is 54.1 cm³/mol. The van der Waals surface area contributed by atoms with Crippen molar-refractivity contribution in [1.29, 1.82) is 0 Å². The highest BCUT2D eigenvalue weighted by Gasteiger charge is 2.20. The van der Waals surface area contributed by atoms with Gasteiger partial charge in [0.1, 0.15) is 5.78 Å². The van der Waals surface area contributed by atoms with Crippen LogP contribution in [-0.2, 0) is 11.3 Å². The third-order valence-corrected chi connectivity index (χ3v) is 2.99. The fraction of sp³-hybridized carbons (Fsp3) is 0.636. The molecule has 76 valence electrons. The first-order chi connectivity index (χ1) is 6.79. The molecule has 1 fully saturated rings. The van der Waals surface area contributed by atoms with E-state index in [-0.39, 0.29) is 0 Å². The van der Waals surface area contributed by atoms with E-state index in [0.29, 0.717) is 11.7 Å². The zero-order valence-electron chi connectivity index (χ0n) is 8.57. The number of ketones is 1. The van der Waals surface area contributed by atoms with Crippen molar-refractivity contribution in [3.8, 4) is 0 Å². The standard InChI is InChI=1S/C11H16N2O/c1-2-13-8-10(7-12-13)9-3-5-11(14)6-4-9/h7-9H,2-6H2,1H3. The first-order valence-corrected chi connectivity index (χ1v) is 5.33. The minimum Gasteiger partial charge on any atom is -0.300 e. The number of hydrogen-bond acceptors (Lipinski definition) is 2. The van der Waals surface area contributed by atoms with Crippen LogP contribution in [0.4, 0.5) is 0 Å². The summed E-state index contributed by atoms with van der Waals surface area (Å²) in [6.45, 7) is 3.01. The second-order valence-corrected chi connectivity index (χ2v) is 3.94. The third kappa shape index (κ3) is 1.86. The Hall–Kier alpha value is -1.12. The molecule has 0 radical (unpaired) electrons. The lowest BCUT2D eigenvalue weighted by molar-refractivity contribution is -0.120. The molecule has 1 saturated carbocycles. The Balaban J connectivity index is 2.04. The molecule has 0 amide bonds. The second-order valence-electron chi connectivity index (χ2n) is 3.94. The Bertz CT molecular complexity index is 320. The van der Waals surface area contributed by atoms with Crippen LogP contribution < -0.4 is 0 Å². The molecule has 2 rings (SSSR count). The number of aromatic nitrogens is 2. The summed E-state index contributed by atoms with van der Waals surface area (Å²) in [7, 11) is 0. The molecule has 0 bridgehead atoms. The van der Waals surface area contributed by atoms with Crippen molar-refractivity contribution < 1.29 is 4.79 Å². The zero-order valence-corrected chi connectivity index (χ0v) is 8.57. The van der Waals surface area contributed by atoms with Gasteiger partial charge in [0, 0.05) is 25.6 Å². The fourth-order valence-corrected chi connectivity index (χ4v) is 2.04. The number of hydrogen-bond donors (Lipinski definition) is 0. The summed E-state index contributed by atoms with van der Waals surface area (Å²) in [6, 6.07) is 0. The highest BCUT2D eigenvalue weighted by Crippen LogP contribution is 2.30. The quantitative estimate of drug-likeness (QED) is 0.719. The molecule has 14 heavy (non-hydrogen) atoms. The fourth-order valence-electron chi connectivity index (χ4n) is 2.04. The van der Waals surface area contributed by atoms with Gasteiger partial charge in [0.25, 0.3) is 0 Å². The van der Waals surface area contributed by atoms with E-state index in [0.717, 1.165) is 32.2 Å². The summed E-state index contributed by atoms with van der Waals surface area (Å²) in [5.74, 6) is 0.983. The van der Waals surface area contributed by atoms with Crippen molar-refractivity contribution in [3.63, 3.8) is 0 Å². The molecule has 3 nitrogen and oxygen atoms in total. The second kappa shape index (κ2) is 3.95. The monoisotopic (exact) mass is 192 g/mol. The third-order valence-electron chi connectivity index (χ3n) is 2.99. The Morgan fingerprint density at radius 3 is 2.79 bits per heavy atom. The van der Waals surface area contributed by atoms with Gasteiger partial charge in [-0.1, -0.05) is 0 Å². The maximum Gasteiger partial charge on any atom is 0.132 e. The Morgan fingerprint density at radius 1 is 1.50 bits per heavy atom. The van der Waals surface area contributed by atoms with E-state index < -0.39 is 0 Å². The zero-order chi connectivity index (χ0) is 9.97. The number of nitrogens with zero attached hydrogens (tertiary/aromatic N) is 2. The maximum absolute atomic E-state index is 11.1. The summed E-state index contributed by atoms with van der Waals surface area (Å²) in [4.78, 5) is 11.1. The van der Waals surface area contributed by atoms with Crippen LogP contribution in [0.3, 0.4) is 0 Å². The average Bonchev–Trinajstić information content (AvgIpc) is 2.67. The number of Topliss-reactive ketones (excluding diaryl/α,β-unsaturated/α-hetero) is 1. The molecular formula is C11H16N2O. The van der Waals surface area contributed by atoms with Gasteiger partial charge in [-0.05, 0) is 31.2 Å². The number of carbonyl (C=O) groups is 1. The minimum absolute atomic E-state index is 0.420. The first-order valence-electron chi connectivity index (χ1n) is 5.33. The molecule has 3 heteroatoms. The molecule has 1 aromatic rings. The van der Waals surface area contributed by atoms with Gasteiger partial charge >= 0.3 is 0 Å². The maximum atomic E-state index is 11.1. The summed E-state index contributed by atoms with van der Waals surface area (Å²) >= 11 is 0. The van der Waals surface area contributed by atoms with Crippen LogP contribution in [-0.4, -0.2) is 15.6 Å². The van der Waals surface area contributed by atoms with Crippen LogP contribution in [0.25, 0.3) is 0 Å². The predicted octanol–water partition coefficient (Wildman–Crippen LogP) is 2.13. The first kappa shape index (κ1) is 9.44. The van der Waals surface area contributed by atoms with Gasteiger partial charge in [0.05, 0.1) is 6.20 Å². The van der Waals surface area contributed by atoms with Gasteiger partial charge in [-0.25, -0.2) is 0 Å². The molecule has 1 aliphatic rings. The Kier molecular flexibility index (Phi) is 2.66. The molecule has 0 spiro atoms. The van der Waals surface area contributed by atoms with Crippen LogP contribution in [0.15, 0.2) is 12.4 Å². The van der Waals surface area contributed by atoms with E-state index in [2.05, 4.69) is 18.2 Å². The van der Waals surface area contributed by atoms with E-state index in [1.165, 1.54) is 5.56 Å². The largest absolute Gasteiger partial charge is 0.300 e. The molecule has 1 aliphatic carbocycles. The Morgan fingerprint density at radius 2 is 2.21 bits per heavy atom. The van der Waals surface area contributed by atoms with E-state index in [4.69, 9.17) is 0 Å². The van der Waals surface area contributed by atoms with Gasteiger partial charge < -0.3 is 0 Å². The molecule has 0 aliphatic heterocycles. The highest BCUT2D eigenvalue weighted by molar-refractivity contribution is 5.79. The number of carbonyl (C=O) groups excluding carboxylic acids is 1. The lowest BCUT2D eigenvalue weighted by Gasteiger charge is -2.19. The molecule has 0 unspecified atom stereocenters. The van der Waals surface area contributed by atoms with E-state index in [1.807, 2.05) is 10.9 Å². The van der Waals surface area contributed by atoms with Gasteiger partial charge in [0.15, 0.2) is 0 Å². The van der Waals surface area contributed by atoms with Crippen LogP contribution >= 0.6 is 0 Å². The molecule has 0 saturated heterocycles. The summed E-state index contributed by atoms with van der Waals surface area (Å²) < 4.78 is 1.95. The summed E-state index contributed by atoms with van der Waals surface area (Å²) in [5.41, 5.74) is 1.30. The van der Waals surface area contributed by atoms with Crippen molar-refractivity contribution in [3.05, 3.63) is 18.0 Å². The number of rotatable bonds is 2. The van der Waals surface area contributed by atoms with E-state index in [9.17, 15) is 4.79 Å². The Labute approximate surface area is 84.1 Å². The van der Waals surface area contributed by atoms with Crippen molar-refractivity contribution >= 4 is 5.78 Å². The molecule has 0 N–H and O–H groups in total. The molecule has 0 atom stereocenters. The number of aryl methyl sites for hydroxylation is 1. The lowest BCUT2D eigenvalue weighted by Crippen LogP contribution is -2.11. The van der Waals surface area contributed by atoms with Crippen molar-refractivity contribution in [2.75, 3.05) is 0 Å². The van der Waals surface area contributed by atoms with Crippen LogP contribution in [0, 0.1) is 0 Å². The lowest BCUT2D eigenvalue weighted by atomic mass is 9.85. The van der Waals surface area contributed by atoms with Crippen LogP contribution in [0.1, 0.15) is 44.1 Å². The van der Waals surface area contributed by atoms with Crippen LogP contribution in [0.5, 0.6) is 0 Å². The highest BCUT2D eigenvalue weighted by atomic mass is 16.1. The molecule has 1 aromatic heterocycles. The van der Waals surface area contributed by atoms with Gasteiger partial charge in [-0.15, -0.1) is 0 Å². The molecular weight excluding hydrogens is 176 g/mol. The average molecular weight is 192 g/mol. The molecule has 0 aromatic carbocycles. The minimum atomic E-state index is 0.420. The van der Waals surface area contributed by atoms with Gasteiger partial charge in [-0.2, -0.15) is 5.10 Å². The normalized spacial score (nSPS) is 18.8. The van der Waals surface area contributed by atoms with Crippen LogP contribution in [0.2, 0.25) is 0 Å². The van der Waals surface area contributed by atoms with Crippen molar-refractivity contribution in [2.45, 2.75) is 45.1 Å². The topological polar surface area (TPSA) is 34.9 Å². The smallest absolute Gasteiger partial charge is 0.132 e. The van der Waals surface area contributed by atoms with E-state index in [1.54, 1.807) is 0 Å². The summed E-state index contributed by atoms with van der Waals surface area (Å²) in [5, 5.41) is 4.26. The van der Waals surface area contributed by atoms with Gasteiger partial charge in [-0.3, -0.25) is 9.48 Å².